The number of hydrogen-bond donors (Lipinski definition) is 1. The summed E-state index contributed by atoms with van der Waals surface area (Å²) in [6, 6.07) is 0. The minimum Gasteiger partial charge on any atom is -0.461 e. The van der Waals surface area contributed by atoms with Gasteiger partial charge in [0, 0.05) is 12.4 Å². The molecule has 5 nitrogen and oxygen atoms in total. The van der Waals surface area contributed by atoms with E-state index < -0.39 is 11.5 Å². The Labute approximate surface area is 68.4 Å². The van der Waals surface area contributed by atoms with Crippen molar-refractivity contribution in [2.45, 2.75) is 6.92 Å². The number of nitrogens with zero attached hydrogens (tertiary/aromatic N) is 1. The maximum Gasteiger partial charge on any atom is 0.362 e. The molecular formula is C7H8N2O3. The van der Waals surface area contributed by atoms with Gasteiger partial charge in [0.15, 0.2) is 0 Å². The Kier molecular flexibility index (Phi) is 2.57. The Balaban J connectivity index is 2.95. The number of nitrogens with one attached hydrogen (secondary N) is 1. The molecule has 0 fully saturated rings. The maximum atomic E-state index is 11.0. The van der Waals surface area contributed by atoms with Crippen LogP contribution < -0.4 is 5.56 Å². The summed E-state index contributed by atoms with van der Waals surface area (Å²) < 4.78 is 4.59. The lowest BCUT2D eigenvalue weighted by Crippen LogP contribution is -2.20. The largest absolute Gasteiger partial charge is 0.461 e. The van der Waals surface area contributed by atoms with Crippen molar-refractivity contribution in [3.63, 3.8) is 0 Å². The quantitative estimate of drug-likeness (QED) is 0.628. The van der Waals surface area contributed by atoms with Crippen LogP contribution in [-0.4, -0.2) is 22.5 Å². The topological polar surface area (TPSA) is 72.0 Å². The molecule has 0 saturated carbocycles. The SMILES string of the molecule is CCOC(=O)c1ncc[nH]c1=O. The Morgan fingerprint density at radius 3 is 3.08 bits per heavy atom. The predicted molar refractivity (Wildman–Crippen MR) is 40.8 cm³/mol. The number of rotatable bonds is 2. The van der Waals surface area contributed by atoms with Crippen LogP contribution in [0.15, 0.2) is 17.2 Å². The molecule has 0 spiro atoms. The van der Waals surface area contributed by atoms with E-state index in [0.717, 1.165) is 0 Å². The van der Waals surface area contributed by atoms with E-state index >= 15 is 0 Å². The molecule has 1 heterocycles. The van der Waals surface area contributed by atoms with E-state index in [9.17, 15) is 9.59 Å². The molecule has 0 aliphatic carbocycles. The second-order valence-corrected chi connectivity index (χ2v) is 1.99. The van der Waals surface area contributed by atoms with E-state index in [2.05, 4.69) is 14.7 Å². The zero-order chi connectivity index (χ0) is 8.97. The van der Waals surface area contributed by atoms with Gasteiger partial charge < -0.3 is 9.72 Å². The first-order valence-corrected chi connectivity index (χ1v) is 3.46. The van der Waals surface area contributed by atoms with Crippen molar-refractivity contribution in [1.29, 1.82) is 0 Å². The number of ether oxygens (including phenoxy) is 1. The van der Waals surface area contributed by atoms with Gasteiger partial charge >= 0.3 is 5.97 Å². The number of aromatic amines is 1. The van der Waals surface area contributed by atoms with Crippen LogP contribution in [0.3, 0.4) is 0 Å². The highest BCUT2D eigenvalue weighted by Crippen LogP contribution is 1.87. The molecule has 0 unspecified atom stereocenters. The fourth-order valence-electron chi connectivity index (χ4n) is 0.697. The first-order chi connectivity index (χ1) is 5.75. The molecule has 0 aromatic carbocycles. The highest BCUT2D eigenvalue weighted by molar-refractivity contribution is 5.86. The van der Waals surface area contributed by atoms with Gasteiger partial charge in [-0.15, -0.1) is 0 Å². The predicted octanol–water partition coefficient (Wildman–Crippen LogP) is -0.0534. The fraction of sp³-hybridized carbons (Fsp3) is 0.286. The third kappa shape index (κ3) is 1.69. The van der Waals surface area contributed by atoms with Gasteiger partial charge in [-0.3, -0.25) is 4.79 Å². The molecule has 1 N–H and O–H groups in total. The number of carbonyl (C=O) groups excluding carboxylic acids is 1. The van der Waals surface area contributed by atoms with Crippen molar-refractivity contribution in [2.24, 2.45) is 0 Å². The van der Waals surface area contributed by atoms with Crippen LogP contribution in [0.4, 0.5) is 0 Å². The molecule has 64 valence electrons. The average molecular weight is 168 g/mol. The lowest BCUT2D eigenvalue weighted by Gasteiger charge is -1.97. The number of H-pyrrole nitrogens is 1. The van der Waals surface area contributed by atoms with Crippen LogP contribution in [0.1, 0.15) is 17.4 Å². The van der Waals surface area contributed by atoms with Gasteiger partial charge in [-0.05, 0) is 6.92 Å². The van der Waals surface area contributed by atoms with Crippen LogP contribution in [0.25, 0.3) is 0 Å². The van der Waals surface area contributed by atoms with Gasteiger partial charge in [-0.1, -0.05) is 0 Å². The average Bonchev–Trinajstić information content (AvgIpc) is 2.05. The molecule has 0 saturated heterocycles. The number of hydrogen-bond acceptors (Lipinski definition) is 4. The Hall–Kier alpha value is -1.65. The second-order valence-electron chi connectivity index (χ2n) is 1.99. The van der Waals surface area contributed by atoms with Gasteiger partial charge in [0.25, 0.3) is 5.56 Å². The lowest BCUT2D eigenvalue weighted by atomic mass is 10.4. The molecule has 0 radical (unpaired) electrons. The highest BCUT2D eigenvalue weighted by Gasteiger charge is 2.11. The summed E-state index contributed by atoms with van der Waals surface area (Å²) >= 11 is 0. The number of aromatic nitrogens is 2. The van der Waals surface area contributed by atoms with Crippen molar-refractivity contribution in [3.8, 4) is 0 Å². The maximum absolute atomic E-state index is 11.0. The van der Waals surface area contributed by atoms with Crippen LogP contribution in [0.5, 0.6) is 0 Å². The molecule has 1 aromatic heterocycles. The van der Waals surface area contributed by atoms with Gasteiger partial charge in [-0.25, -0.2) is 9.78 Å². The summed E-state index contributed by atoms with van der Waals surface area (Å²) in [5.74, 6) is -0.695. The molecule has 0 amide bonds. The van der Waals surface area contributed by atoms with E-state index in [-0.39, 0.29) is 12.3 Å². The molecule has 5 heteroatoms. The Morgan fingerprint density at radius 2 is 2.50 bits per heavy atom. The van der Waals surface area contributed by atoms with Crippen molar-refractivity contribution >= 4 is 5.97 Å². The van der Waals surface area contributed by atoms with Crippen LogP contribution in [-0.2, 0) is 4.74 Å². The first kappa shape index (κ1) is 8.45. The van der Waals surface area contributed by atoms with Gasteiger partial charge in [0.1, 0.15) is 0 Å². The van der Waals surface area contributed by atoms with Crippen LogP contribution >= 0.6 is 0 Å². The molecule has 1 aromatic rings. The summed E-state index contributed by atoms with van der Waals surface area (Å²) in [6.45, 7) is 1.89. The monoisotopic (exact) mass is 168 g/mol. The molecule has 0 atom stereocenters. The molecule has 0 bridgehead atoms. The summed E-state index contributed by atoms with van der Waals surface area (Å²) in [5.41, 5.74) is -0.740. The van der Waals surface area contributed by atoms with E-state index in [4.69, 9.17) is 0 Å². The van der Waals surface area contributed by atoms with Gasteiger partial charge in [0.05, 0.1) is 6.61 Å². The second kappa shape index (κ2) is 3.66. The molecule has 0 aliphatic heterocycles. The normalized spacial score (nSPS) is 9.42. The standard InChI is InChI=1S/C7H8N2O3/c1-2-12-7(11)5-6(10)9-4-3-8-5/h3-4H,2H2,1H3,(H,9,10). The van der Waals surface area contributed by atoms with Crippen molar-refractivity contribution < 1.29 is 9.53 Å². The summed E-state index contributed by atoms with van der Waals surface area (Å²) in [5, 5.41) is 0. The molecular weight excluding hydrogens is 160 g/mol. The minimum absolute atomic E-state index is 0.209. The third-order valence-electron chi connectivity index (χ3n) is 1.18. The summed E-state index contributed by atoms with van der Waals surface area (Å²) in [6.07, 6.45) is 2.68. The molecule has 1 rings (SSSR count). The zero-order valence-electron chi connectivity index (χ0n) is 6.53. The van der Waals surface area contributed by atoms with Crippen LogP contribution in [0.2, 0.25) is 0 Å². The number of esters is 1. The van der Waals surface area contributed by atoms with Crippen molar-refractivity contribution in [2.75, 3.05) is 6.61 Å². The van der Waals surface area contributed by atoms with Crippen molar-refractivity contribution in [3.05, 3.63) is 28.4 Å². The van der Waals surface area contributed by atoms with E-state index in [1.807, 2.05) is 0 Å². The number of carbonyl (C=O) groups is 1. The molecule has 0 aliphatic rings. The van der Waals surface area contributed by atoms with E-state index in [0.29, 0.717) is 0 Å². The van der Waals surface area contributed by atoms with Crippen molar-refractivity contribution in [1.82, 2.24) is 9.97 Å². The van der Waals surface area contributed by atoms with Gasteiger partial charge in [-0.2, -0.15) is 0 Å². The Bertz CT molecular complexity index is 331. The van der Waals surface area contributed by atoms with Gasteiger partial charge in [0.2, 0.25) is 5.69 Å². The molecule has 12 heavy (non-hydrogen) atoms. The van der Waals surface area contributed by atoms with E-state index in [1.54, 1.807) is 6.92 Å². The summed E-state index contributed by atoms with van der Waals surface area (Å²) in [4.78, 5) is 27.8. The summed E-state index contributed by atoms with van der Waals surface area (Å²) in [7, 11) is 0. The smallest absolute Gasteiger partial charge is 0.362 e. The lowest BCUT2D eigenvalue weighted by molar-refractivity contribution is 0.0517. The highest BCUT2D eigenvalue weighted by atomic mass is 16.5. The third-order valence-corrected chi connectivity index (χ3v) is 1.18. The van der Waals surface area contributed by atoms with Crippen LogP contribution in [0, 0.1) is 0 Å². The fourth-order valence-corrected chi connectivity index (χ4v) is 0.697. The first-order valence-electron chi connectivity index (χ1n) is 3.46. The van der Waals surface area contributed by atoms with E-state index in [1.165, 1.54) is 12.4 Å². The Morgan fingerprint density at radius 1 is 1.75 bits per heavy atom. The minimum atomic E-state index is -0.695. The zero-order valence-corrected chi connectivity index (χ0v) is 6.53.